The maximum Gasteiger partial charge on any atom is 0.0527 e. The Morgan fingerprint density at radius 1 is 1.09 bits per heavy atom. The summed E-state index contributed by atoms with van der Waals surface area (Å²) in [6.07, 6.45) is 2.45. The first kappa shape index (κ1) is 10.9. The zero-order valence-corrected chi connectivity index (χ0v) is 8.52. The van der Waals surface area contributed by atoms with Gasteiger partial charge < -0.3 is 9.80 Å². The van der Waals surface area contributed by atoms with E-state index in [0.717, 1.165) is 6.54 Å². The predicted molar refractivity (Wildman–Crippen MR) is 50.4 cm³/mol. The highest BCUT2D eigenvalue weighted by molar-refractivity contribution is 4.88. The van der Waals surface area contributed by atoms with Gasteiger partial charge in [0.05, 0.1) is 6.04 Å². The van der Waals surface area contributed by atoms with Crippen molar-refractivity contribution in [1.29, 1.82) is 0 Å². The average Bonchev–Trinajstić information content (AvgIpc) is 1.86. The number of likely N-dealkylation sites (N-methyl/N-ethyl adjacent to an activating group) is 2. The molecule has 0 rings (SSSR count). The molecule has 0 aromatic rings. The lowest BCUT2D eigenvalue weighted by molar-refractivity contribution is 0.303. The molecule has 0 aliphatic heterocycles. The topological polar surface area (TPSA) is 6.48 Å². The number of hydrogen-bond acceptors (Lipinski definition) is 2. The largest absolute Gasteiger partial charge is 0.307 e. The molecule has 0 aliphatic rings. The molecule has 0 unspecified atom stereocenters. The van der Waals surface area contributed by atoms with Crippen LogP contribution in [0.2, 0.25) is 0 Å². The first-order chi connectivity index (χ1) is 5.07. The van der Waals surface area contributed by atoms with Gasteiger partial charge in [-0.2, -0.15) is 0 Å². The quantitative estimate of drug-likeness (QED) is 0.596. The molecule has 0 amide bonds. The fourth-order valence-electron chi connectivity index (χ4n) is 1.10. The van der Waals surface area contributed by atoms with Gasteiger partial charge in [-0.05, 0) is 34.6 Å². The van der Waals surface area contributed by atoms with Crippen LogP contribution in [0.1, 0.15) is 19.8 Å². The van der Waals surface area contributed by atoms with Crippen LogP contribution in [0.3, 0.4) is 0 Å². The fraction of sp³-hybridized carbons (Fsp3) is 0.889. The maximum atomic E-state index is 2.23. The van der Waals surface area contributed by atoms with E-state index in [4.69, 9.17) is 0 Å². The lowest BCUT2D eigenvalue weighted by Crippen LogP contribution is -2.30. The van der Waals surface area contributed by atoms with E-state index in [1.807, 2.05) is 0 Å². The summed E-state index contributed by atoms with van der Waals surface area (Å²) in [6.45, 7) is 3.31. The molecule has 0 atom stereocenters. The predicted octanol–water partition coefficient (Wildman–Crippen LogP) is 1.44. The molecule has 0 saturated heterocycles. The maximum absolute atomic E-state index is 2.23. The minimum atomic E-state index is 1.08. The normalized spacial score (nSPS) is 12.0. The molecule has 0 heterocycles. The number of rotatable bonds is 5. The van der Waals surface area contributed by atoms with Crippen molar-refractivity contribution in [3.63, 3.8) is 0 Å². The van der Waals surface area contributed by atoms with Gasteiger partial charge >= 0.3 is 0 Å². The lowest BCUT2D eigenvalue weighted by atomic mass is 10.1. The molecule has 1 radical (unpaired) electrons. The van der Waals surface area contributed by atoms with Gasteiger partial charge in [0.15, 0.2) is 0 Å². The van der Waals surface area contributed by atoms with Gasteiger partial charge in [0.1, 0.15) is 0 Å². The van der Waals surface area contributed by atoms with Gasteiger partial charge in [0.25, 0.3) is 0 Å². The summed E-state index contributed by atoms with van der Waals surface area (Å²) >= 11 is 0. The van der Waals surface area contributed by atoms with Crippen LogP contribution in [-0.4, -0.2) is 44.5 Å². The Bertz CT molecular complexity index is 89.6. The molecule has 67 valence electrons. The molecule has 0 N–H and O–H groups in total. The van der Waals surface area contributed by atoms with Crippen LogP contribution < -0.4 is 0 Å². The van der Waals surface area contributed by atoms with E-state index in [9.17, 15) is 0 Å². The van der Waals surface area contributed by atoms with Crippen LogP contribution in [0, 0.1) is 6.04 Å². The molecule has 11 heavy (non-hydrogen) atoms. The van der Waals surface area contributed by atoms with Crippen molar-refractivity contribution in [2.24, 2.45) is 0 Å². The van der Waals surface area contributed by atoms with E-state index in [2.05, 4.69) is 44.9 Å². The molecular formula is C9H21N2. The first-order valence-corrected chi connectivity index (χ1v) is 4.24. The van der Waals surface area contributed by atoms with Crippen LogP contribution in [0.5, 0.6) is 0 Å². The Morgan fingerprint density at radius 2 is 1.64 bits per heavy atom. The second-order valence-electron chi connectivity index (χ2n) is 3.45. The van der Waals surface area contributed by atoms with Crippen molar-refractivity contribution < 1.29 is 0 Å². The summed E-state index contributed by atoms with van der Waals surface area (Å²) in [4.78, 5) is 4.44. The second kappa shape index (κ2) is 5.56. The Hall–Kier alpha value is -0.0800. The molecule has 0 saturated carbocycles. The van der Waals surface area contributed by atoms with Crippen LogP contribution in [0.15, 0.2) is 0 Å². The fourth-order valence-corrected chi connectivity index (χ4v) is 1.10. The third-order valence-corrected chi connectivity index (χ3v) is 1.67. The van der Waals surface area contributed by atoms with Gasteiger partial charge in [0, 0.05) is 6.54 Å². The summed E-state index contributed by atoms with van der Waals surface area (Å²) in [5.74, 6) is 0. The molecule has 0 aliphatic carbocycles. The van der Waals surface area contributed by atoms with E-state index in [-0.39, 0.29) is 0 Å². The number of hydrogen-bond donors (Lipinski definition) is 0. The van der Waals surface area contributed by atoms with Crippen molar-refractivity contribution in [1.82, 2.24) is 9.80 Å². The molecule has 0 aromatic heterocycles. The van der Waals surface area contributed by atoms with Gasteiger partial charge in [0.2, 0.25) is 0 Å². The molecule has 0 spiro atoms. The standard InChI is InChI=1S/C9H21N2/c1-6-7-9(11(4)5)8-10(2)3/h6-8H2,1-5H3. The van der Waals surface area contributed by atoms with Gasteiger partial charge in [-0.15, -0.1) is 0 Å². The lowest BCUT2D eigenvalue weighted by Gasteiger charge is -2.25. The molecule has 2 nitrogen and oxygen atoms in total. The summed E-state index contributed by atoms with van der Waals surface area (Å²) in [7, 11) is 8.46. The Kier molecular flexibility index (Phi) is 5.51. The average molecular weight is 157 g/mol. The van der Waals surface area contributed by atoms with E-state index < -0.39 is 0 Å². The van der Waals surface area contributed by atoms with Crippen LogP contribution in [0.4, 0.5) is 0 Å². The van der Waals surface area contributed by atoms with Gasteiger partial charge in [-0.3, -0.25) is 0 Å². The molecular weight excluding hydrogens is 136 g/mol. The Labute approximate surface area is 71.2 Å². The van der Waals surface area contributed by atoms with E-state index in [0.29, 0.717) is 0 Å². The summed E-state index contributed by atoms with van der Waals surface area (Å²) in [6, 6.07) is 1.51. The molecule has 0 fully saturated rings. The third kappa shape index (κ3) is 5.22. The SMILES string of the molecule is CCC[C](CN(C)C)N(C)C. The Balaban J connectivity index is 3.69. The summed E-state index contributed by atoms with van der Waals surface area (Å²) < 4.78 is 0. The molecule has 0 bridgehead atoms. The number of nitrogens with zero attached hydrogens (tertiary/aromatic N) is 2. The monoisotopic (exact) mass is 157 g/mol. The van der Waals surface area contributed by atoms with Gasteiger partial charge in [-0.25, -0.2) is 0 Å². The van der Waals surface area contributed by atoms with Crippen molar-refractivity contribution in [2.45, 2.75) is 19.8 Å². The van der Waals surface area contributed by atoms with Crippen molar-refractivity contribution in [2.75, 3.05) is 34.7 Å². The second-order valence-corrected chi connectivity index (χ2v) is 3.45. The summed E-state index contributed by atoms with van der Waals surface area (Å²) in [5.41, 5.74) is 0. The van der Waals surface area contributed by atoms with Crippen molar-refractivity contribution >= 4 is 0 Å². The first-order valence-electron chi connectivity index (χ1n) is 4.24. The van der Waals surface area contributed by atoms with E-state index in [1.54, 1.807) is 0 Å². The zero-order chi connectivity index (χ0) is 8.85. The molecule has 0 aromatic carbocycles. The van der Waals surface area contributed by atoms with Crippen LogP contribution >= 0.6 is 0 Å². The van der Waals surface area contributed by atoms with Crippen LogP contribution in [0.25, 0.3) is 0 Å². The smallest absolute Gasteiger partial charge is 0.0527 e. The summed E-state index contributed by atoms with van der Waals surface area (Å²) in [5, 5.41) is 0. The highest BCUT2D eigenvalue weighted by Crippen LogP contribution is 2.11. The molecule has 2 heteroatoms. The van der Waals surface area contributed by atoms with Gasteiger partial charge in [-0.1, -0.05) is 13.3 Å². The minimum Gasteiger partial charge on any atom is -0.307 e. The zero-order valence-electron chi connectivity index (χ0n) is 8.52. The third-order valence-electron chi connectivity index (χ3n) is 1.67. The highest BCUT2D eigenvalue weighted by atomic mass is 15.2. The van der Waals surface area contributed by atoms with E-state index >= 15 is 0 Å². The highest BCUT2D eigenvalue weighted by Gasteiger charge is 2.11. The van der Waals surface area contributed by atoms with Crippen molar-refractivity contribution in [3.05, 3.63) is 6.04 Å². The van der Waals surface area contributed by atoms with Crippen LogP contribution in [-0.2, 0) is 0 Å². The Morgan fingerprint density at radius 3 is 1.91 bits per heavy atom. The minimum absolute atomic E-state index is 1.08. The van der Waals surface area contributed by atoms with Crippen molar-refractivity contribution in [3.8, 4) is 0 Å². The van der Waals surface area contributed by atoms with E-state index in [1.165, 1.54) is 18.9 Å².